The average molecular weight is 235 g/mol. The second kappa shape index (κ2) is 5.46. The topological polar surface area (TPSA) is 83.5 Å². The lowest BCUT2D eigenvalue weighted by Crippen LogP contribution is -2.34. The van der Waals surface area contributed by atoms with E-state index in [1.807, 2.05) is 0 Å². The number of hydrogen-bond donors (Lipinski definition) is 2. The van der Waals surface area contributed by atoms with Gasteiger partial charge in [0, 0.05) is 0 Å². The number of aliphatic carboxylic acids is 1. The van der Waals surface area contributed by atoms with Gasteiger partial charge >= 0.3 is 5.97 Å². The molecule has 15 heavy (non-hydrogen) atoms. The maximum Gasteiger partial charge on any atom is 0.318 e. The van der Waals surface area contributed by atoms with E-state index in [1.54, 1.807) is 0 Å². The minimum absolute atomic E-state index is 0.0697. The molecule has 0 amide bonds. The lowest BCUT2D eigenvalue weighted by molar-refractivity contribution is -0.135. The average Bonchev–Trinajstić information content (AvgIpc) is 2.16. The van der Waals surface area contributed by atoms with Crippen molar-refractivity contribution in [1.29, 1.82) is 0 Å². The largest absolute Gasteiger partial charge is 0.480 e. The number of carboxylic acids is 1. The van der Waals surface area contributed by atoms with E-state index in [4.69, 9.17) is 5.11 Å². The predicted molar refractivity (Wildman–Crippen MR) is 56.0 cm³/mol. The van der Waals surface area contributed by atoms with Crippen LogP contribution in [0.4, 0.5) is 0 Å². The lowest BCUT2D eigenvalue weighted by atomic mass is 9.91. The molecule has 0 atom stereocenters. The van der Waals surface area contributed by atoms with E-state index in [1.165, 1.54) is 6.42 Å². The molecule has 2 N–H and O–H groups in total. The Hall–Kier alpha value is -0.620. The zero-order chi connectivity index (χ0) is 11.3. The molecule has 6 heteroatoms. The summed E-state index contributed by atoms with van der Waals surface area (Å²) >= 11 is 0. The first-order chi connectivity index (χ1) is 6.99. The molecule has 1 aliphatic carbocycles. The fourth-order valence-corrected chi connectivity index (χ4v) is 3.31. The van der Waals surface area contributed by atoms with Gasteiger partial charge in [-0.05, 0) is 18.8 Å². The molecule has 1 rings (SSSR count). The molecule has 0 aromatic carbocycles. The molecule has 1 aliphatic rings. The Morgan fingerprint density at radius 3 is 2.40 bits per heavy atom. The molecule has 0 bridgehead atoms. The standard InChI is InChI=1S/C9H17NO4S/c11-9(12)6-10-15(13,14)7-8-4-2-1-3-5-8/h8,10H,1-7H2,(H,11,12). The van der Waals surface area contributed by atoms with Crippen LogP contribution in [0.5, 0.6) is 0 Å². The van der Waals surface area contributed by atoms with E-state index in [0.29, 0.717) is 0 Å². The highest BCUT2D eigenvalue weighted by atomic mass is 32.2. The van der Waals surface area contributed by atoms with Gasteiger partial charge in [-0.2, -0.15) is 0 Å². The summed E-state index contributed by atoms with van der Waals surface area (Å²) in [6.07, 6.45) is 5.22. The Bertz CT molecular complexity index is 306. The van der Waals surface area contributed by atoms with Gasteiger partial charge in [0.1, 0.15) is 6.54 Å². The van der Waals surface area contributed by atoms with Gasteiger partial charge in [0.15, 0.2) is 0 Å². The molecule has 1 fully saturated rings. The van der Waals surface area contributed by atoms with Crippen molar-refractivity contribution < 1.29 is 18.3 Å². The molecule has 0 saturated heterocycles. The second-order valence-electron chi connectivity index (χ2n) is 4.00. The molecule has 0 aliphatic heterocycles. The van der Waals surface area contributed by atoms with Crippen LogP contribution in [0.25, 0.3) is 0 Å². The van der Waals surface area contributed by atoms with Crippen LogP contribution in [-0.4, -0.2) is 31.8 Å². The molecule has 0 aromatic rings. The van der Waals surface area contributed by atoms with Crippen LogP contribution < -0.4 is 4.72 Å². The first kappa shape index (κ1) is 12.4. The van der Waals surface area contributed by atoms with Crippen molar-refractivity contribution in [3.05, 3.63) is 0 Å². The fourth-order valence-electron chi connectivity index (χ4n) is 1.89. The third-order valence-corrected chi connectivity index (χ3v) is 4.12. The molecule has 88 valence electrons. The van der Waals surface area contributed by atoms with Gasteiger partial charge in [-0.25, -0.2) is 13.1 Å². The number of rotatable bonds is 5. The molecule has 0 radical (unpaired) electrons. The normalized spacial score (nSPS) is 18.9. The molecular formula is C9H17NO4S. The summed E-state index contributed by atoms with van der Waals surface area (Å²) in [4.78, 5) is 10.2. The van der Waals surface area contributed by atoms with E-state index in [-0.39, 0.29) is 11.7 Å². The number of carboxylic acid groups (broad SMARTS) is 1. The van der Waals surface area contributed by atoms with Crippen LogP contribution in [0.2, 0.25) is 0 Å². The first-order valence-electron chi connectivity index (χ1n) is 5.19. The zero-order valence-corrected chi connectivity index (χ0v) is 9.42. The summed E-state index contributed by atoms with van der Waals surface area (Å²) in [7, 11) is -3.41. The van der Waals surface area contributed by atoms with Gasteiger partial charge < -0.3 is 5.11 Å². The third-order valence-electron chi connectivity index (χ3n) is 2.62. The van der Waals surface area contributed by atoms with E-state index in [9.17, 15) is 13.2 Å². The van der Waals surface area contributed by atoms with Gasteiger partial charge in [0.2, 0.25) is 10.0 Å². The maximum absolute atomic E-state index is 11.4. The Balaban J connectivity index is 2.37. The van der Waals surface area contributed by atoms with Crippen LogP contribution in [0.15, 0.2) is 0 Å². The van der Waals surface area contributed by atoms with Crippen LogP contribution in [0, 0.1) is 5.92 Å². The molecule has 0 heterocycles. The smallest absolute Gasteiger partial charge is 0.318 e. The highest BCUT2D eigenvalue weighted by molar-refractivity contribution is 7.89. The third kappa shape index (κ3) is 5.13. The number of sulfonamides is 1. The van der Waals surface area contributed by atoms with Crippen LogP contribution in [0.3, 0.4) is 0 Å². The summed E-state index contributed by atoms with van der Waals surface area (Å²) < 4.78 is 24.9. The van der Waals surface area contributed by atoms with Gasteiger partial charge in [-0.1, -0.05) is 19.3 Å². The van der Waals surface area contributed by atoms with Crippen LogP contribution in [-0.2, 0) is 14.8 Å². The van der Waals surface area contributed by atoms with Gasteiger partial charge in [-0.3, -0.25) is 4.79 Å². The van der Waals surface area contributed by atoms with Gasteiger partial charge in [0.25, 0.3) is 0 Å². The molecule has 0 unspecified atom stereocenters. The molecular weight excluding hydrogens is 218 g/mol. The monoisotopic (exact) mass is 235 g/mol. The van der Waals surface area contributed by atoms with Crippen molar-refractivity contribution in [3.8, 4) is 0 Å². The Morgan fingerprint density at radius 2 is 1.87 bits per heavy atom. The summed E-state index contributed by atoms with van der Waals surface area (Å²) in [5.41, 5.74) is 0. The molecule has 1 saturated carbocycles. The number of nitrogens with one attached hydrogen (secondary N) is 1. The SMILES string of the molecule is O=C(O)CNS(=O)(=O)CC1CCCCC1. The summed E-state index contributed by atoms with van der Waals surface area (Å²) in [5, 5.41) is 8.36. The van der Waals surface area contributed by atoms with Gasteiger partial charge in [0.05, 0.1) is 5.75 Å². The van der Waals surface area contributed by atoms with Crippen LogP contribution >= 0.6 is 0 Å². The maximum atomic E-state index is 11.4. The Kier molecular flexibility index (Phi) is 4.53. The van der Waals surface area contributed by atoms with Crippen molar-refractivity contribution in [2.75, 3.05) is 12.3 Å². The molecule has 0 spiro atoms. The summed E-state index contributed by atoms with van der Waals surface area (Å²) in [6, 6.07) is 0. The number of hydrogen-bond acceptors (Lipinski definition) is 3. The Morgan fingerprint density at radius 1 is 1.27 bits per heavy atom. The van der Waals surface area contributed by atoms with E-state index < -0.39 is 22.5 Å². The summed E-state index contributed by atoms with van der Waals surface area (Å²) in [6.45, 7) is -0.519. The lowest BCUT2D eigenvalue weighted by Gasteiger charge is -2.21. The quantitative estimate of drug-likeness (QED) is 0.729. The molecule has 5 nitrogen and oxygen atoms in total. The second-order valence-corrected chi connectivity index (χ2v) is 5.85. The Labute approximate surface area is 89.9 Å². The van der Waals surface area contributed by atoms with Crippen LogP contribution in [0.1, 0.15) is 32.1 Å². The minimum Gasteiger partial charge on any atom is -0.480 e. The predicted octanol–water partition coefficient (Wildman–Crippen LogP) is 0.571. The fraction of sp³-hybridized carbons (Fsp3) is 0.889. The van der Waals surface area contributed by atoms with Crippen molar-refractivity contribution in [3.63, 3.8) is 0 Å². The van der Waals surface area contributed by atoms with Crippen molar-refractivity contribution in [1.82, 2.24) is 4.72 Å². The van der Waals surface area contributed by atoms with E-state index in [2.05, 4.69) is 4.72 Å². The zero-order valence-electron chi connectivity index (χ0n) is 8.61. The number of carbonyl (C=O) groups is 1. The van der Waals surface area contributed by atoms with E-state index >= 15 is 0 Å². The van der Waals surface area contributed by atoms with Crippen molar-refractivity contribution in [2.45, 2.75) is 32.1 Å². The van der Waals surface area contributed by atoms with Gasteiger partial charge in [-0.15, -0.1) is 0 Å². The first-order valence-corrected chi connectivity index (χ1v) is 6.84. The van der Waals surface area contributed by atoms with Crippen molar-refractivity contribution in [2.24, 2.45) is 5.92 Å². The van der Waals surface area contributed by atoms with E-state index in [0.717, 1.165) is 25.7 Å². The van der Waals surface area contributed by atoms with Crippen molar-refractivity contribution >= 4 is 16.0 Å². The minimum atomic E-state index is -3.41. The summed E-state index contributed by atoms with van der Waals surface area (Å²) in [5.74, 6) is -0.882. The highest BCUT2D eigenvalue weighted by Crippen LogP contribution is 2.24. The highest BCUT2D eigenvalue weighted by Gasteiger charge is 2.21. The molecule has 0 aromatic heterocycles.